The van der Waals surface area contributed by atoms with Gasteiger partial charge in [0, 0.05) is 5.54 Å². The molecule has 0 aliphatic heterocycles. The lowest BCUT2D eigenvalue weighted by Crippen LogP contribution is -2.51. The van der Waals surface area contributed by atoms with Gasteiger partial charge in [0.1, 0.15) is 0 Å². The van der Waals surface area contributed by atoms with Crippen LogP contribution < -0.4 is 5.32 Å². The number of aliphatic carboxylic acids is 1. The van der Waals surface area contributed by atoms with Crippen molar-refractivity contribution < 1.29 is 9.90 Å². The molecule has 0 amide bonds. The van der Waals surface area contributed by atoms with Crippen molar-refractivity contribution in [1.82, 2.24) is 5.32 Å². The average molecular weight is 185 g/mol. The molecule has 0 aromatic carbocycles. The Bertz CT molecular complexity index is 193. The molecule has 1 fully saturated rings. The number of carbonyl (C=O) groups is 1. The van der Waals surface area contributed by atoms with Gasteiger partial charge in [0.25, 0.3) is 0 Å². The maximum absolute atomic E-state index is 10.7. The van der Waals surface area contributed by atoms with Crippen LogP contribution >= 0.6 is 0 Å². The molecule has 1 aliphatic carbocycles. The lowest BCUT2D eigenvalue weighted by atomic mass is 9.72. The SMILES string of the molecule is CNC1(CC(=O)O)CCCCC1C. The minimum absolute atomic E-state index is 0.149. The van der Waals surface area contributed by atoms with Crippen molar-refractivity contribution >= 4 is 5.97 Å². The van der Waals surface area contributed by atoms with Crippen molar-refractivity contribution in [1.29, 1.82) is 0 Å². The summed E-state index contributed by atoms with van der Waals surface area (Å²) in [7, 11) is 1.88. The quantitative estimate of drug-likeness (QED) is 0.702. The lowest BCUT2D eigenvalue weighted by molar-refractivity contribution is -0.139. The summed E-state index contributed by atoms with van der Waals surface area (Å²) >= 11 is 0. The maximum atomic E-state index is 10.7. The molecule has 0 aromatic heterocycles. The van der Waals surface area contributed by atoms with E-state index in [2.05, 4.69) is 12.2 Å². The molecule has 0 aromatic rings. The van der Waals surface area contributed by atoms with E-state index in [4.69, 9.17) is 5.11 Å². The predicted molar refractivity (Wildman–Crippen MR) is 51.7 cm³/mol. The Morgan fingerprint density at radius 3 is 2.77 bits per heavy atom. The highest BCUT2D eigenvalue weighted by Crippen LogP contribution is 2.35. The Labute approximate surface area is 79.5 Å². The molecule has 3 heteroatoms. The summed E-state index contributed by atoms with van der Waals surface area (Å²) in [5.74, 6) is -0.217. The Morgan fingerprint density at radius 2 is 2.31 bits per heavy atom. The second-order valence-corrected chi connectivity index (χ2v) is 4.12. The van der Waals surface area contributed by atoms with Gasteiger partial charge in [-0.1, -0.05) is 19.8 Å². The van der Waals surface area contributed by atoms with Gasteiger partial charge >= 0.3 is 5.97 Å². The van der Waals surface area contributed by atoms with Crippen molar-refractivity contribution in [3.63, 3.8) is 0 Å². The normalized spacial score (nSPS) is 34.5. The molecule has 3 nitrogen and oxygen atoms in total. The Kier molecular flexibility index (Phi) is 3.31. The average Bonchev–Trinajstić information content (AvgIpc) is 2.08. The van der Waals surface area contributed by atoms with Crippen LogP contribution in [0.1, 0.15) is 39.0 Å². The van der Waals surface area contributed by atoms with Crippen LogP contribution in [0.2, 0.25) is 0 Å². The number of carboxylic acids is 1. The Morgan fingerprint density at radius 1 is 1.62 bits per heavy atom. The van der Waals surface area contributed by atoms with E-state index in [0.29, 0.717) is 5.92 Å². The van der Waals surface area contributed by atoms with Gasteiger partial charge in [0.05, 0.1) is 6.42 Å². The topological polar surface area (TPSA) is 49.3 Å². The summed E-state index contributed by atoms with van der Waals surface area (Å²) in [5.41, 5.74) is -0.149. The van der Waals surface area contributed by atoms with Gasteiger partial charge in [-0.2, -0.15) is 0 Å². The molecule has 13 heavy (non-hydrogen) atoms. The second-order valence-electron chi connectivity index (χ2n) is 4.12. The van der Waals surface area contributed by atoms with Crippen LogP contribution in [0.4, 0.5) is 0 Å². The van der Waals surface area contributed by atoms with Gasteiger partial charge in [0.2, 0.25) is 0 Å². The molecule has 1 rings (SSSR count). The monoisotopic (exact) mass is 185 g/mol. The minimum atomic E-state index is -0.692. The fourth-order valence-corrected chi connectivity index (χ4v) is 2.41. The molecule has 2 unspecified atom stereocenters. The van der Waals surface area contributed by atoms with E-state index in [1.54, 1.807) is 0 Å². The van der Waals surface area contributed by atoms with Crippen molar-refractivity contribution in [2.75, 3.05) is 7.05 Å². The third-order valence-electron chi connectivity index (χ3n) is 3.42. The van der Waals surface area contributed by atoms with Gasteiger partial charge < -0.3 is 10.4 Å². The molecule has 2 atom stereocenters. The van der Waals surface area contributed by atoms with Crippen LogP contribution in [-0.2, 0) is 4.79 Å². The largest absolute Gasteiger partial charge is 0.481 e. The van der Waals surface area contributed by atoms with E-state index in [0.717, 1.165) is 19.3 Å². The molecule has 0 saturated heterocycles. The van der Waals surface area contributed by atoms with Crippen molar-refractivity contribution in [3.8, 4) is 0 Å². The maximum Gasteiger partial charge on any atom is 0.305 e. The zero-order chi connectivity index (χ0) is 9.90. The molecule has 1 aliphatic rings. The zero-order valence-electron chi connectivity index (χ0n) is 8.47. The molecule has 2 N–H and O–H groups in total. The van der Waals surface area contributed by atoms with Crippen molar-refractivity contribution in [2.24, 2.45) is 5.92 Å². The molecule has 1 saturated carbocycles. The van der Waals surface area contributed by atoms with Crippen LogP contribution in [0.3, 0.4) is 0 Å². The third kappa shape index (κ3) is 2.21. The van der Waals surface area contributed by atoms with Gasteiger partial charge in [-0.15, -0.1) is 0 Å². The molecule has 0 spiro atoms. The van der Waals surface area contributed by atoms with E-state index in [-0.39, 0.29) is 12.0 Å². The van der Waals surface area contributed by atoms with E-state index in [1.165, 1.54) is 6.42 Å². The van der Waals surface area contributed by atoms with Crippen LogP contribution in [0.15, 0.2) is 0 Å². The van der Waals surface area contributed by atoms with Gasteiger partial charge in [0.15, 0.2) is 0 Å². The van der Waals surface area contributed by atoms with Crippen molar-refractivity contribution in [3.05, 3.63) is 0 Å². The highest BCUT2D eigenvalue weighted by Gasteiger charge is 2.38. The smallest absolute Gasteiger partial charge is 0.305 e. The molecule has 0 bridgehead atoms. The highest BCUT2D eigenvalue weighted by molar-refractivity contribution is 5.68. The number of rotatable bonds is 3. The van der Waals surface area contributed by atoms with Gasteiger partial charge in [-0.05, 0) is 25.8 Å². The Balaban J connectivity index is 2.69. The summed E-state index contributed by atoms with van der Waals surface area (Å²) in [6.45, 7) is 2.15. The summed E-state index contributed by atoms with van der Waals surface area (Å²) in [6, 6.07) is 0. The van der Waals surface area contributed by atoms with E-state index in [1.807, 2.05) is 7.05 Å². The first-order chi connectivity index (χ1) is 6.10. The van der Waals surface area contributed by atoms with Crippen LogP contribution in [-0.4, -0.2) is 23.7 Å². The number of carboxylic acid groups (broad SMARTS) is 1. The van der Waals surface area contributed by atoms with E-state index >= 15 is 0 Å². The fourth-order valence-electron chi connectivity index (χ4n) is 2.41. The standard InChI is InChI=1S/C10H19NO2/c1-8-5-3-4-6-10(8,11-2)7-9(12)13/h8,11H,3-7H2,1-2H3,(H,12,13). The molecule has 0 heterocycles. The van der Waals surface area contributed by atoms with Crippen LogP contribution in [0.25, 0.3) is 0 Å². The molecular weight excluding hydrogens is 166 g/mol. The fraction of sp³-hybridized carbons (Fsp3) is 0.900. The first-order valence-corrected chi connectivity index (χ1v) is 5.01. The Hall–Kier alpha value is -0.570. The summed E-state index contributed by atoms with van der Waals surface area (Å²) in [5, 5.41) is 12.1. The first kappa shape index (κ1) is 10.5. The zero-order valence-corrected chi connectivity index (χ0v) is 8.47. The van der Waals surface area contributed by atoms with Gasteiger partial charge in [-0.25, -0.2) is 0 Å². The number of hydrogen-bond acceptors (Lipinski definition) is 2. The molecule has 76 valence electrons. The van der Waals surface area contributed by atoms with E-state index in [9.17, 15) is 4.79 Å². The highest BCUT2D eigenvalue weighted by atomic mass is 16.4. The summed E-state index contributed by atoms with van der Waals surface area (Å²) in [6.07, 6.45) is 4.79. The number of hydrogen-bond donors (Lipinski definition) is 2. The van der Waals surface area contributed by atoms with Crippen molar-refractivity contribution in [2.45, 2.75) is 44.6 Å². The lowest BCUT2D eigenvalue weighted by Gasteiger charge is -2.41. The minimum Gasteiger partial charge on any atom is -0.481 e. The van der Waals surface area contributed by atoms with Crippen LogP contribution in [0.5, 0.6) is 0 Å². The molecule has 0 radical (unpaired) electrons. The summed E-state index contributed by atoms with van der Waals surface area (Å²) < 4.78 is 0. The second kappa shape index (κ2) is 4.09. The van der Waals surface area contributed by atoms with Crippen LogP contribution in [0, 0.1) is 5.92 Å². The molecular formula is C10H19NO2. The third-order valence-corrected chi connectivity index (χ3v) is 3.42. The first-order valence-electron chi connectivity index (χ1n) is 5.01. The number of nitrogens with one attached hydrogen (secondary N) is 1. The predicted octanol–water partition coefficient (Wildman–Crippen LogP) is 1.63. The van der Waals surface area contributed by atoms with Gasteiger partial charge in [-0.3, -0.25) is 4.79 Å². The summed E-state index contributed by atoms with van der Waals surface area (Å²) in [4.78, 5) is 10.7. The van der Waals surface area contributed by atoms with E-state index < -0.39 is 5.97 Å².